The first kappa shape index (κ1) is 16.3. The largest absolute Gasteiger partial charge is 0.317 e. The second-order valence-electron chi connectivity index (χ2n) is 5.26. The molecule has 10 heteroatoms. The summed E-state index contributed by atoms with van der Waals surface area (Å²) in [5, 5.41) is 16.6. The maximum absolute atomic E-state index is 12.3. The molecule has 21 heavy (non-hydrogen) atoms. The molecule has 1 aromatic heterocycles. The molecule has 2 rings (SSSR count). The van der Waals surface area contributed by atoms with Gasteiger partial charge in [0.2, 0.25) is 0 Å². The number of H-pyrrole nitrogens is 1. The molecule has 2 heterocycles. The highest BCUT2D eigenvalue weighted by atomic mass is 32.2. The van der Waals surface area contributed by atoms with Crippen LogP contribution in [0.3, 0.4) is 0 Å². The number of hydrogen-bond acceptors (Lipinski definition) is 6. The van der Waals surface area contributed by atoms with Gasteiger partial charge in [-0.15, -0.1) is 10.2 Å². The summed E-state index contributed by atoms with van der Waals surface area (Å²) in [5.41, 5.74) is 0. The van der Waals surface area contributed by atoms with Gasteiger partial charge >= 0.3 is 0 Å². The third-order valence-electron chi connectivity index (χ3n) is 3.67. The molecule has 1 aromatic rings. The Hall–Kier alpha value is -1.10. The van der Waals surface area contributed by atoms with E-state index in [2.05, 4.69) is 37.6 Å². The van der Waals surface area contributed by atoms with E-state index in [0.29, 0.717) is 24.8 Å². The summed E-state index contributed by atoms with van der Waals surface area (Å²) in [4.78, 5) is 0. The van der Waals surface area contributed by atoms with Crippen molar-refractivity contribution in [3.63, 3.8) is 0 Å². The third kappa shape index (κ3) is 4.43. The minimum Gasteiger partial charge on any atom is -0.317 e. The molecular weight excluding hydrogens is 294 g/mol. The molecule has 0 aromatic carbocycles. The van der Waals surface area contributed by atoms with Crippen LogP contribution in [-0.4, -0.2) is 59.5 Å². The summed E-state index contributed by atoms with van der Waals surface area (Å²) in [6.07, 6.45) is 1.76. The van der Waals surface area contributed by atoms with Crippen molar-refractivity contribution in [2.24, 2.45) is 5.92 Å². The number of nitrogens with zero attached hydrogens (tertiary/aromatic N) is 4. The average Bonchev–Trinajstić information content (AvgIpc) is 2.99. The molecule has 120 valence electrons. The zero-order valence-corrected chi connectivity index (χ0v) is 13.2. The molecule has 0 amide bonds. The summed E-state index contributed by atoms with van der Waals surface area (Å²) in [6.45, 7) is 6.76. The standard InChI is InChI=1S/C11H23N7O2S/c1-3-12-8-10-4-6-18(7-5-10)21(19,20)15-9(2)11-13-16-17-14-11/h9-10,12,15H,3-8H2,1-2H3,(H,13,14,16,17). The second-order valence-corrected chi connectivity index (χ2v) is 6.97. The second kappa shape index (κ2) is 7.25. The van der Waals surface area contributed by atoms with Gasteiger partial charge in [0.05, 0.1) is 6.04 Å². The number of piperidine rings is 1. The zero-order chi connectivity index (χ0) is 15.3. The molecule has 1 aliphatic heterocycles. The van der Waals surface area contributed by atoms with Gasteiger partial charge in [0, 0.05) is 13.1 Å². The number of hydrogen-bond donors (Lipinski definition) is 3. The maximum atomic E-state index is 12.3. The first-order valence-electron chi connectivity index (χ1n) is 7.24. The van der Waals surface area contributed by atoms with Crippen LogP contribution in [0.4, 0.5) is 0 Å². The normalized spacial score (nSPS) is 19.7. The number of nitrogens with one attached hydrogen (secondary N) is 3. The number of rotatable bonds is 7. The Kier molecular flexibility index (Phi) is 5.62. The van der Waals surface area contributed by atoms with E-state index >= 15 is 0 Å². The Morgan fingerprint density at radius 1 is 1.43 bits per heavy atom. The summed E-state index contributed by atoms with van der Waals surface area (Å²) >= 11 is 0. The fourth-order valence-corrected chi connectivity index (χ4v) is 3.80. The van der Waals surface area contributed by atoms with Crippen molar-refractivity contribution in [1.82, 2.24) is 35.0 Å². The molecule has 1 fully saturated rings. The van der Waals surface area contributed by atoms with E-state index in [9.17, 15) is 8.42 Å². The van der Waals surface area contributed by atoms with Gasteiger partial charge in [-0.2, -0.15) is 22.7 Å². The predicted octanol–water partition coefficient (Wildman–Crippen LogP) is -0.583. The molecule has 1 atom stereocenters. The van der Waals surface area contributed by atoms with E-state index in [1.165, 1.54) is 4.31 Å². The number of aromatic nitrogens is 4. The van der Waals surface area contributed by atoms with E-state index in [0.717, 1.165) is 25.9 Å². The lowest BCUT2D eigenvalue weighted by Crippen LogP contribution is -2.46. The zero-order valence-electron chi connectivity index (χ0n) is 12.4. The van der Waals surface area contributed by atoms with Gasteiger partial charge in [-0.1, -0.05) is 12.1 Å². The Morgan fingerprint density at radius 2 is 2.14 bits per heavy atom. The van der Waals surface area contributed by atoms with Gasteiger partial charge in [-0.05, 0) is 38.8 Å². The van der Waals surface area contributed by atoms with Crippen molar-refractivity contribution in [3.8, 4) is 0 Å². The van der Waals surface area contributed by atoms with E-state index < -0.39 is 16.3 Å². The van der Waals surface area contributed by atoms with Crippen LogP contribution in [0.5, 0.6) is 0 Å². The highest BCUT2D eigenvalue weighted by molar-refractivity contribution is 7.87. The van der Waals surface area contributed by atoms with Crippen molar-refractivity contribution in [3.05, 3.63) is 5.82 Å². The fraction of sp³-hybridized carbons (Fsp3) is 0.909. The van der Waals surface area contributed by atoms with Crippen LogP contribution in [0, 0.1) is 5.92 Å². The maximum Gasteiger partial charge on any atom is 0.280 e. The van der Waals surface area contributed by atoms with Crippen molar-refractivity contribution < 1.29 is 8.42 Å². The molecule has 0 saturated carbocycles. The molecule has 0 aliphatic carbocycles. The van der Waals surface area contributed by atoms with Gasteiger partial charge in [-0.3, -0.25) is 0 Å². The Labute approximate surface area is 125 Å². The first-order valence-corrected chi connectivity index (χ1v) is 8.68. The number of aromatic amines is 1. The smallest absolute Gasteiger partial charge is 0.280 e. The topological polar surface area (TPSA) is 116 Å². The van der Waals surface area contributed by atoms with Crippen LogP contribution in [0.2, 0.25) is 0 Å². The molecule has 0 bridgehead atoms. The molecular formula is C11H23N7O2S. The van der Waals surface area contributed by atoms with Gasteiger partial charge < -0.3 is 5.32 Å². The van der Waals surface area contributed by atoms with Crippen molar-refractivity contribution in [1.29, 1.82) is 0 Å². The van der Waals surface area contributed by atoms with E-state index in [-0.39, 0.29) is 0 Å². The Morgan fingerprint density at radius 3 is 2.71 bits per heavy atom. The van der Waals surface area contributed by atoms with E-state index in [1.54, 1.807) is 6.92 Å². The lowest BCUT2D eigenvalue weighted by molar-refractivity contribution is 0.265. The van der Waals surface area contributed by atoms with Gasteiger partial charge in [-0.25, -0.2) is 0 Å². The minimum absolute atomic E-state index is 0.334. The molecule has 0 spiro atoms. The summed E-state index contributed by atoms with van der Waals surface area (Å²) in [5.74, 6) is 0.881. The van der Waals surface area contributed by atoms with Crippen LogP contribution in [0.1, 0.15) is 38.6 Å². The van der Waals surface area contributed by atoms with Crippen LogP contribution < -0.4 is 10.0 Å². The SMILES string of the molecule is CCNCC1CCN(S(=O)(=O)NC(C)c2nn[nH]n2)CC1. The first-order chi connectivity index (χ1) is 10.0. The number of tetrazole rings is 1. The molecule has 9 nitrogen and oxygen atoms in total. The molecule has 1 unspecified atom stereocenters. The minimum atomic E-state index is -3.51. The lowest BCUT2D eigenvalue weighted by atomic mass is 9.98. The molecule has 0 radical (unpaired) electrons. The quantitative estimate of drug-likeness (QED) is 0.619. The van der Waals surface area contributed by atoms with Crippen LogP contribution >= 0.6 is 0 Å². The van der Waals surface area contributed by atoms with Crippen LogP contribution in [0.15, 0.2) is 0 Å². The van der Waals surface area contributed by atoms with Gasteiger partial charge in [0.1, 0.15) is 0 Å². The van der Waals surface area contributed by atoms with Gasteiger partial charge in [0.15, 0.2) is 5.82 Å². The van der Waals surface area contributed by atoms with Crippen molar-refractivity contribution in [2.45, 2.75) is 32.7 Å². The summed E-state index contributed by atoms with van der Waals surface area (Å²) in [7, 11) is -3.51. The third-order valence-corrected chi connectivity index (χ3v) is 5.37. The van der Waals surface area contributed by atoms with E-state index in [4.69, 9.17) is 0 Å². The van der Waals surface area contributed by atoms with Crippen LogP contribution in [0.25, 0.3) is 0 Å². The van der Waals surface area contributed by atoms with Crippen LogP contribution in [-0.2, 0) is 10.2 Å². The van der Waals surface area contributed by atoms with E-state index in [1.807, 2.05) is 0 Å². The van der Waals surface area contributed by atoms with Gasteiger partial charge in [0.25, 0.3) is 10.2 Å². The van der Waals surface area contributed by atoms with Crippen molar-refractivity contribution in [2.75, 3.05) is 26.2 Å². The Balaban J connectivity index is 1.86. The monoisotopic (exact) mass is 317 g/mol. The predicted molar refractivity (Wildman–Crippen MR) is 77.5 cm³/mol. The molecule has 3 N–H and O–H groups in total. The highest BCUT2D eigenvalue weighted by Crippen LogP contribution is 2.19. The summed E-state index contributed by atoms with van der Waals surface area (Å²) in [6, 6.07) is -0.506. The molecule has 1 aliphatic rings. The fourth-order valence-electron chi connectivity index (χ4n) is 2.41. The highest BCUT2D eigenvalue weighted by Gasteiger charge is 2.29. The average molecular weight is 317 g/mol. The Bertz CT molecular complexity index is 511. The molecule has 1 saturated heterocycles. The summed E-state index contributed by atoms with van der Waals surface area (Å²) < 4.78 is 28.7. The van der Waals surface area contributed by atoms with Crippen molar-refractivity contribution >= 4 is 10.2 Å². The lowest BCUT2D eigenvalue weighted by Gasteiger charge is -2.31.